The van der Waals surface area contributed by atoms with E-state index in [1.165, 1.54) is 4.90 Å². The molecule has 2 N–H and O–H groups in total. The highest BCUT2D eigenvalue weighted by atomic mass is 16.6. The van der Waals surface area contributed by atoms with Gasteiger partial charge in [0.05, 0.1) is 26.3 Å². The lowest BCUT2D eigenvalue weighted by Crippen LogP contribution is -2.60. The number of carbonyl (C=O) groups is 3. The quantitative estimate of drug-likeness (QED) is 0.642. The second-order valence-electron chi connectivity index (χ2n) is 4.62. The van der Waals surface area contributed by atoms with Gasteiger partial charge in [-0.3, -0.25) is 19.4 Å². The third kappa shape index (κ3) is 4.98. The zero-order valence-electron chi connectivity index (χ0n) is 12.5. The molecule has 1 aliphatic heterocycles. The minimum absolute atomic E-state index is 0.0961. The van der Waals surface area contributed by atoms with Gasteiger partial charge in [0.1, 0.15) is 6.04 Å². The summed E-state index contributed by atoms with van der Waals surface area (Å²) in [5.41, 5.74) is 5.40. The van der Waals surface area contributed by atoms with Crippen LogP contribution in [0.4, 0.5) is 4.79 Å². The van der Waals surface area contributed by atoms with Crippen LogP contribution in [-0.2, 0) is 19.1 Å². The molecule has 8 nitrogen and oxygen atoms in total. The van der Waals surface area contributed by atoms with Gasteiger partial charge in [0.2, 0.25) is 0 Å². The average Bonchev–Trinajstić information content (AvgIpc) is 2.46. The van der Waals surface area contributed by atoms with Crippen molar-refractivity contribution in [1.29, 1.82) is 0 Å². The maximum atomic E-state index is 11.9. The van der Waals surface area contributed by atoms with E-state index in [4.69, 9.17) is 15.2 Å². The van der Waals surface area contributed by atoms with Crippen molar-refractivity contribution in [3.05, 3.63) is 0 Å². The fourth-order valence-corrected chi connectivity index (χ4v) is 2.21. The van der Waals surface area contributed by atoms with E-state index in [-0.39, 0.29) is 38.0 Å². The van der Waals surface area contributed by atoms with E-state index < -0.39 is 12.1 Å². The van der Waals surface area contributed by atoms with Crippen LogP contribution in [-0.4, -0.2) is 79.6 Å². The van der Waals surface area contributed by atoms with Crippen LogP contribution in [0, 0.1) is 0 Å². The van der Waals surface area contributed by atoms with Crippen LogP contribution in [0.3, 0.4) is 0 Å². The number of hydrogen-bond donors (Lipinski definition) is 1. The van der Waals surface area contributed by atoms with E-state index in [1.54, 1.807) is 18.7 Å². The van der Waals surface area contributed by atoms with E-state index in [2.05, 4.69) is 0 Å². The van der Waals surface area contributed by atoms with Crippen molar-refractivity contribution < 1.29 is 23.9 Å². The van der Waals surface area contributed by atoms with E-state index in [9.17, 15) is 14.4 Å². The average molecular weight is 301 g/mol. The summed E-state index contributed by atoms with van der Waals surface area (Å²) >= 11 is 0. The molecule has 0 aromatic heterocycles. The van der Waals surface area contributed by atoms with Crippen LogP contribution < -0.4 is 5.73 Å². The Bertz CT molecular complexity index is 388. The Hall–Kier alpha value is -1.67. The Labute approximate surface area is 124 Å². The molecule has 1 rings (SSSR count). The SMILES string of the molecule is CCOC(=O)CN1CCN(C(=O)OCC)C(C(=O)CN)C1. The zero-order chi connectivity index (χ0) is 15.8. The molecule has 1 amide bonds. The molecule has 120 valence electrons. The normalized spacial score (nSPS) is 19.2. The third-order valence-electron chi connectivity index (χ3n) is 3.20. The molecule has 1 aliphatic rings. The highest BCUT2D eigenvalue weighted by molar-refractivity contribution is 5.89. The molecule has 1 saturated heterocycles. The molecule has 0 aliphatic carbocycles. The van der Waals surface area contributed by atoms with Crippen LogP contribution >= 0.6 is 0 Å². The van der Waals surface area contributed by atoms with E-state index >= 15 is 0 Å². The Balaban J connectivity index is 2.69. The fraction of sp³-hybridized carbons (Fsp3) is 0.769. The number of ether oxygens (including phenoxy) is 2. The lowest BCUT2D eigenvalue weighted by molar-refractivity contribution is -0.145. The maximum Gasteiger partial charge on any atom is 0.410 e. The van der Waals surface area contributed by atoms with Crippen molar-refractivity contribution in [3.63, 3.8) is 0 Å². The minimum atomic E-state index is -0.683. The molecule has 8 heteroatoms. The summed E-state index contributed by atoms with van der Waals surface area (Å²) in [7, 11) is 0. The van der Waals surface area contributed by atoms with Gasteiger partial charge in [-0.25, -0.2) is 4.79 Å². The second kappa shape index (κ2) is 8.58. The van der Waals surface area contributed by atoms with Gasteiger partial charge in [0, 0.05) is 19.6 Å². The van der Waals surface area contributed by atoms with Crippen LogP contribution in [0.15, 0.2) is 0 Å². The lowest BCUT2D eigenvalue weighted by Gasteiger charge is -2.39. The van der Waals surface area contributed by atoms with E-state index in [1.807, 2.05) is 0 Å². The number of carbonyl (C=O) groups excluding carboxylic acids is 3. The van der Waals surface area contributed by atoms with Gasteiger partial charge in [-0.1, -0.05) is 0 Å². The number of nitrogens with two attached hydrogens (primary N) is 1. The Morgan fingerprint density at radius 3 is 2.38 bits per heavy atom. The highest BCUT2D eigenvalue weighted by Gasteiger charge is 2.35. The number of Topliss-reactive ketones (excluding diaryl/α,β-unsaturated/α-hetero) is 1. The first-order chi connectivity index (χ1) is 10.0. The topological polar surface area (TPSA) is 102 Å². The monoisotopic (exact) mass is 301 g/mol. The largest absolute Gasteiger partial charge is 0.465 e. The van der Waals surface area contributed by atoms with Crippen molar-refractivity contribution in [1.82, 2.24) is 9.80 Å². The van der Waals surface area contributed by atoms with Crippen molar-refractivity contribution in [2.75, 3.05) is 45.9 Å². The summed E-state index contributed by atoms with van der Waals surface area (Å²) in [6.45, 7) is 4.98. The van der Waals surface area contributed by atoms with Gasteiger partial charge >= 0.3 is 12.1 Å². The van der Waals surface area contributed by atoms with Gasteiger partial charge in [0.25, 0.3) is 0 Å². The predicted octanol–water partition coefficient (Wildman–Crippen LogP) is -0.780. The molecule has 1 unspecified atom stereocenters. The van der Waals surface area contributed by atoms with E-state index in [0.29, 0.717) is 19.7 Å². The number of esters is 1. The standard InChI is InChI=1S/C13H23N3O5/c1-3-20-12(18)9-15-5-6-16(13(19)21-4-2)10(8-15)11(17)7-14/h10H,3-9,14H2,1-2H3. The fourth-order valence-electron chi connectivity index (χ4n) is 2.21. The van der Waals surface area contributed by atoms with Crippen LogP contribution in [0.25, 0.3) is 0 Å². The van der Waals surface area contributed by atoms with Crippen molar-refractivity contribution in [2.45, 2.75) is 19.9 Å². The van der Waals surface area contributed by atoms with Gasteiger partial charge in [-0.05, 0) is 13.8 Å². The Kier molecular flexibility index (Phi) is 7.10. The molecular weight excluding hydrogens is 278 g/mol. The van der Waals surface area contributed by atoms with Crippen molar-refractivity contribution >= 4 is 17.8 Å². The number of ketones is 1. The molecule has 1 atom stereocenters. The predicted molar refractivity (Wildman–Crippen MR) is 74.7 cm³/mol. The van der Waals surface area contributed by atoms with Gasteiger partial charge in [0.15, 0.2) is 5.78 Å². The maximum absolute atomic E-state index is 11.9. The summed E-state index contributed by atoms with van der Waals surface area (Å²) < 4.78 is 9.83. The second-order valence-corrected chi connectivity index (χ2v) is 4.62. The molecular formula is C13H23N3O5. The number of nitrogens with zero attached hydrogens (tertiary/aromatic N) is 2. The summed E-state index contributed by atoms with van der Waals surface area (Å²) in [6, 6.07) is -0.683. The van der Waals surface area contributed by atoms with Crippen LogP contribution in [0.1, 0.15) is 13.8 Å². The molecule has 0 bridgehead atoms. The molecule has 0 spiro atoms. The number of rotatable bonds is 6. The molecule has 21 heavy (non-hydrogen) atoms. The molecule has 1 heterocycles. The number of hydrogen-bond acceptors (Lipinski definition) is 7. The number of piperazine rings is 1. The van der Waals surface area contributed by atoms with Crippen LogP contribution in [0.5, 0.6) is 0 Å². The number of amides is 1. The minimum Gasteiger partial charge on any atom is -0.465 e. The summed E-state index contributed by atoms with van der Waals surface area (Å²) in [5, 5.41) is 0. The highest BCUT2D eigenvalue weighted by Crippen LogP contribution is 2.12. The van der Waals surface area contributed by atoms with Gasteiger partial charge < -0.3 is 15.2 Å². The molecule has 0 radical (unpaired) electrons. The zero-order valence-corrected chi connectivity index (χ0v) is 12.5. The third-order valence-corrected chi connectivity index (χ3v) is 3.20. The first kappa shape index (κ1) is 17.4. The molecule has 1 fully saturated rings. The Morgan fingerprint density at radius 2 is 1.81 bits per heavy atom. The van der Waals surface area contributed by atoms with Crippen molar-refractivity contribution in [3.8, 4) is 0 Å². The summed E-state index contributed by atoms with van der Waals surface area (Å²) in [4.78, 5) is 38.4. The molecule has 0 aromatic rings. The van der Waals surface area contributed by atoms with Crippen LogP contribution in [0.2, 0.25) is 0 Å². The van der Waals surface area contributed by atoms with Gasteiger partial charge in [-0.2, -0.15) is 0 Å². The smallest absolute Gasteiger partial charge is 0.410 e. The first-order valence-corrected chi connectivity index (χ1v) is 7.07. The summed E-state index contributed by atoms with van der Waals surface area (Å²) in [6.07, 6.45) is -0.528. The first-order valence-electron chi connectivity index (χ1n) is 7.07. The molecule has 0 saturated carbocycles. The summed E-state index contributed by atoms with van der Waals surface area (Å²) in [5.74, 6) is -0.599. The van der Waals surface area contributed by atoms with Gasteiger partial charge in [-0.15, -0.1) is 0 Å². The van der Waals surface area contributed by atoms with Crippen molar-refractivity contribution in [2.24, 2.45) is 5.73 Å². The van der Waals surface area contributed by atoms with E-state index in [0.717, 1.165) is 0 Å². The lowest BCUT2D eigenvalue weighted by atomic mass is 10.1. The molecule has 0 aromatic carbocycles. The Morgan fingerprint density at radius 1 is 1.14 bits per heavy atom.